The number of Topliss-reactive ketones (excluding diaryl/α,β-unsaturated/α-hetero) is 1. The van der Waals surface area contributed by atoms with Crippen molar-refractivity contribution in [1.29, 1.82) is 0 Å². The van der Waals surface area contributed by atoms with E-state index in [-0.39, 0.29) is 23.5 Å². The first kappa shape index (κ1) is 14.7. The molecule has 0 saturated carbocycles. The summed E-state index contributed by atoms with van der Waals surface area (Å²) in [6, 6.07) is 9.29. The third kappa shape index (κ3) is 3.25. The number of carbonyl (C=O) groups excluding carboxylic acids is 2. The quantitative estimate of drug-likeness (QED) is 0.909. The number of piperidine rings is 1. The molecular weight excluding hydrogens is 252 g/mol. The summed E-state index contributed by atoms with van der Waals surface area (Å²) in [6.45, 7) is 3.59. The van der Waals surface area contributed by atoms with Gasteiger partial charge in [0.1, 0.15) is 5.78 Å². The molecule has 0 radical (unpaired) electrons. The number of rotatable bonds is 4. The Morgan fingerprint density at radius 1 is 1.25 bits per heavy atom. The van der Waals surface area contributed by atoms with E-state index in [2.05, 4.69) is 0 Å². The number of nitrogens with two attached hydrogens (primary N) is 1. The van der Waals surface area contributed by atoms with E-state index in [4.69, 9.17) is 5.73 Å². The van der Waals surface area contributed by atoms with Crippen LogP contribution < -0.4 is 5.73 Å². The number of hydrogen-bond acceptors (Lipinski definition) is 3. The maximum atomic E-state index is 12.3. The van der Waals surface area contributed by atoms with Gasteiger partial charge in [-0.15, -0.1) is 0 Å². The summed E-state index contributed by atoms with van der Waals surface area (Å²) < 4.78 is 0. The van der Waals surface area contributed by atoms with Gasteiger partial charge in [-0.05, 0) is 25.0 Å². The number of ketones is 1. The second-order valence-electron chi connectivity index (χ2n) is 5.47. The summed E-state index contributed by atoms with van der Waals surface area (Å²) in [5.41, 5.74) is 6.26. The van der Waals surface area contributed by atoms with Gasteiger partial charge in [-0.25, -0.2) is 0 Å². The van der Waals surface area contributed by atoms with Crippen LogP contribution in [-0.4, -0.2) is 36.2 Å². The summed E-state index contributed by atoms with van der Waals surface area (Å²) in [5.74, 6) is 0.299. The fourth-order valence-corrected chi connectivity index (χ4v) is 2.65. The van der Waals surface area contributed by atoms with Crippen molar-refractivity contribution in [1.82, 2.24) is 4.90 Å². The van der Waals surface area contributed by atoms with Crippen LogP contribution >= 0.6 is 0 Å². The van der Waals surface area contributed by atoms with Crippen LogP contribution in [0.1, 0.15) is 30.1 Å². The van der Waals surface area contributed by atoms with Crippen molar-refractivity contribution < 1.29 is 9.59 Å². The lowest BCUT2D eigenvalue weighted by Gasteiger charge is -2.32. The average molecular weight is 274 g/mol. The van der Waals surface area contributed by atoms with E-state index in [1.807, 2.05) is 42.2 Å². The molecule has 1 saturated heterocycles. The minimum Gasteiger partial charge on any atom is -0.339 e. The standard InChI is InChI=1S/C16H22N2O2/c1-12(11-17)15(19)13-7-9-18(10-8-13)16(20)14-5-3-2-4-6-14/h2-6,12-13H,7-11,17H2,1H3. The number of benzene rings is 1. The largest absolute Gasteiger partial charge is 0.339 e. The Kier molecular flexibility index (Phi) is 4.90. The van der Waals surface area contributed by atoms with Crippen molar-refractivity contribution in [2.45, 2.75) is 19.8 Å². The molecule has 1 aromatic rings. The molecule has 2 N–H and O–H groups in total. The fourth-order valence-electron chi connectivity index (χ4n) is 2.65. The van der Waals surface area contributed by atoms with Crippen LogP contribution in [0, 0.1) is 11.8 Å². The minimum atomic E-state index is -0.0728. The lowest BCUT2D eigenvalue weighted by Crippen LogP contribution is -2.41. The molecular formula is C16H22N2O2. The second kappa shape index (κ2) is 6.66. The zero-order valence-corrected chi connectivity index (χ0v) is 11.9. The molecule has 1 aromatic carbocycles. The Morgan fingerprint density at radius 2 is 1.85 bits per heavy atom. The van der Waals surface area contributed by atoms with Crippen molar-refractivity contribution in [2.24, 2.45) is 17.6 Å². The van der Waals surface area contributed by atoms with Crippen molar-refractivity contribution in [3.63, 3.8) is 0 Å². The number of nitrogens with zero attached hydrogens (tertiary/aromatic N) is 1. The molecule has 4 heteroatoms. The lowest BCUT2D eigenvalue weighted by molar-refractivity contribution is -0.127. The highest BCUT2D eigenvalue weighted by molar-refractivity contribution is 5.94. The molecule has 1 fully saturated rings. The molecule has 108 valence electrons. The SMILES string of the molecule is CC(CN)C(=O)C1CCN(C(=O)c2ccccc2)CC1. The molecule has 20 heavy (non-hydrogen) atoms. The molecule has 0 spiro atoms. The Labute approximate surface area is 119 Å². The van der Waals surface area contributed by atoms with Crippen molar-refractivity contribution >= 4 is 11.7 Å². The predicted octanol–water partition coefficient (Wildman–Crippen LogP) is 1.70. The molecule has 0 aliphatic carbocycles. The summed E-state index contributed by atoms with van der Waals surface area (Å²) in [5, 5.41) is 0. The molecule has 1 aliphatic heterocycles. The van der Waals surface area contributed by atoms with Crippen molar-refractivity contribution in [3.8, 4) is 0 Å². The van der Waals surface area contributed by atoms with Gasteiger partial charge in [0.05, 0.1) is 0 Å². The van der Waals surface area contributed by atoms with E-state index in [1.165, 1.54) is 0 Å². The van der Waals surface area contributed by atoms with Crippen molar-refractivity contribution in [2.75, 3.05) is 19.6 Å². The van der Waals surface area contributed by atoms with Gasteiger partial charge in [-0.1, -0.05) is 25.1 Å². The topological polar surface area (TPSA) is 63.4 Å². The van der Waals surface area contributed by atoms with E-state index < -0.39 is 0 Å². The number of carbonyl (C=O) groups is 2. The third-order valence-electron chi connectivity index (χ3n) is 4.04. The molecule has 1 heterocycles. The number of amides is 1. The average Bonchev–Trinajstić information content (AvgIpc) is 2.53. The first-order chi connectivity index (χ1) is 9.63. The normalized spacial score (nSPS) is 17.8. The third-order valence-corrected chi connectivity index (χ3v) is 4.04. The zero-order valence-electron chi connectivity index (χ0n) is 11.9. The van der Waals surface area contributed by atoms with Crippen LogP contribution in [0.4, 0.5) is 0 Å². The van der Waals surface area contributed by atoms with E-state index in [9.17, 15) is 9.59 Å². The molecule has 1 amide bonds. The smallest absolute Gasteiger partial charge is 0.253 e. The van der Waals surface area contributed by atoms with Crippen LogP contribution in [0.3, 0.4) is 0 Å². The highest BCUT2D eigenvalue weighted by atomic mass is 16.2. The van der Waals surface area contributed by atoms with E-state index in [0.29, 0.717) is 25.2 Å². The van der Waals surface area contributed by atoms with Gasteiger partial charge in [0.25, 0.3) is 5.91 Å². The van der Waals surface area contributed by atoms with Gasteiger partial charge < -0.3 is 10.6 Å². The highest BCUT2D eigenvalue weighted by Crippen LogP contribution is 2.22. The van der Waals surface area contributed by atoms with E-state index in [1.54, 1.807) is 0 Å². The summed E-state index contributed by atoms with van der Waals surface area (Å²) >= 11 is 0. The first-order valence-electron chi connectivity index (χ1n) is 7.21. The van der Waals surface area contributed by atoms with Crippen LogP contribution in [0.5, 0.6) is 0 Å². The van der Waals surface area contributed by atoms with Gasteiger partial charge in [0, 0.05) is 37.0 Å². The van der Waals surface area contributed by atoms with Gasteiger partial charge in [0.2, 0.25) is 0 Å². The molecule has 1 atom stereocenters. The molecule has 0 aromatic heterocycles. The van der Waals surface area contributed by atoms with E-state index in [0.717, 1.165) is 12.8 Å². The Balaban J connectivity index is 1.92. The van der Waals surface area contributed by atoms with E-state index >= 15 is 0 Å². The minimum absolute atomic E-state index is 0.0587. The molecule has 1 unspecified atom stereocenters. The first-order valence-corrected chi connectivity index (χ1v) is 7.21. The Bertz CT molecular complexity index is 465. The molecule has 0 bridgehead atoms. The van der Waals surface area contributed by atoms with Crippen LogP contribution in [0.25, 0.3) is 0 Å². The zero-order chi connectivity index (χ0) is 14.5. The number of hydrogen-bond donors (Lipinski definition) is 1. The van der Waals surface area contributed by atoms with Crippen molar-refractivity contribution in [3.05, 3.63) is 35.9 Å². The van der Waals surface area contributed by atoms with Gasteiger partial charge in [-0.3, -0.25) is 9.59 Å². The lowest BCUT2D eigenvalue weighted by atomic mass is 9.86. The van der Waals surface area contributed by atoms with Gasteiger partial charge >= 0.3 is 0 Å². The van der Waals surface area contributed by atoms with Crippen LogP contribution in [0.15, 0.2) is 30.3 Å². The van der Waals surface area contributed by atoms with Crippen LogP contribution in [0.2, 0.25) is 0 Å². The van der Waals surface area contributed by atoms with Gasteiger partial charge in [-0.2, -0.15) is 0 Å². The van der Waals surface area contributed by atoms with Crippen LogP contribution in [-0.2, 0) is 4.79 Å². The Morgan fingerprint density at radius 3 is 2.40 bits per heavy atom. The maximum Gasteiger partial charge on any atom is 0.253 e. The maximum absolute atomic E-state index is 12.3. The summed E-state index contributed by atoms with van der Waals surface area (Å²) in [7, 11) is 0. The fraction of sp³-hybridized carbons (Fsp3) is 0.500. The highest BCUT2D eigenvalue weighted by Gasteiger charge is 2.29. The van der Waals surface area contributed by atoms with Gasteiger partial charge in [0.15, 0.2) is 0 Å². The summed E-state index contributed by atoms with van der Waals surface area (Å²) in [6.07, 6.45) is 1.50. The molecule has 2 rings (SSSR count). The Hall–Kier alpha value is -1.68. The second-order valence-corrected chi connectivity index (χ2v) is 5.47. The summed E-state index contributed by atoms with van der Waals surface area (Å²) in [4.78, 5) is 26.2. The molecule has 4 nitrogen and oxygen atoms in total. The monoisotopic (exact) mass is 274 g/mol. The predicted molar refractivity (Wildman–Crippen MR) is 78.3 cm³/mol. The number of likely N-dealkylation sites (tertiary alicyclic amines) is 1. The molecule has 1 aliphatic rings.